The quantitative estimate of drug-likeness (QED) is 0.524. The number of alkyl carbamates (subject to hydrolysis) is 1. The zero-order chi connectivity index (χ0) is 26.2. The number of ether oxygens (including phenoxy) is 1. The number of aryl methyl sites for hydroxylation is 2. The van der Waals surface area contributed by atoms with E-state index in [0.29, 0.717) is 12.0 Å². The number of nitrogens with zero attached hydrogens (tertiary/aromatic N) is 2. The van der Waals surface area contributed by atoms with Crippen LogP contribution >= 0.6 is 0 Å². The molecule has 0 saturated heterocycles. The maximum Gasteiger partial charge on any atom is 0.408 e. The Hall–Kier alpha value is -3.08. The normalized spacial score (nSPS) is 13.9. The second kappa shape index (κ2) is 12.4. The van der Waals surface area contributed by atoms with Gasteiger partial charge >= 0.3 is 6.09 Å². The van der Waals surface area contributed by atoms with E-state index in [1.165, 1.54) is 4.90 Å². The fourth-order valence-electron chi connectivity index (χ4n) is 3.44. The van der Waals surface area contributed by atoms with Crippen LogP contribution in [-0.2, 0) is 14.3 Å². The first kappa shape index (κ1) is 29.0. The molecule has 0 aliphatic carbocycles. The third-order valence-electron chi connectivity index (χ3n) is 5.51. The van der Waals surface area contributed by atoms with E-state index >= 15 is 0 Å². The van der Waals surface area contributed by atoms with Crippen LogP contribution in [-0.4, -0.2) is 47.0 Å². The summed E-state index contributed by atoms with van der Waals surface area (Å²) >= 11 is 0. The van der Waals surface area contributed by atoms with Crippen molar-refractivity contribution < 1.29 is 19.1 Å². The number of carbonyl (C=O) groups is 3. The Bertz CT molecular complexity index is 914. The number of rotatable bonds is 9. The molecule has 0 aliphatic heterocycles. The standard InChI is InChI=1S/C26H40N4O4/c1-10-17(4)21(29-25(33)34-26(7,8)9)24(32)30(14-13-27)22(23(31)28-16(2)3)20-12-11-18(5)19(6)15-20/h11-12,15-17,21-22H,10,14H2,1-9H3,(H,28,31)(H,29,33). The van der Waals surface area contributed by atoms with Crippen LogP contribution in [0.3, 0.4) is 0 Å². The van der Waals surface area contributed by atoms with Crippen molar-refractivity contribution in [3.8, 4) is 6.07 Å². The number of hydrogen-bond acceptors (Lipinski definition) is 5. The van der Waals surface area contributed by atoms with E-state index in [-0.39, 0.29) is 24.4 Å². The molecule has 3 unspecified atom stereocenters. The van der Waals surface area contributed by atoms with E-state index in [9.17, 15) is 19.6 Å². The van der Waals surface area contributed by atoms with Crippen LogP contribution in [0.15, 0.2) is 18.2 Å². The van der Waals surface area contributed by atoms with Crippen LogP contribution in [0.1, 0.15) is 77.6 Å². The summed E-state index contributed by atoms with van der Waals surface area (Å²) in [6, 6.07) is 5.41. The molecule has 3 atom stereocenters. The SMILES string of the molecule is CCC(C)C(NC(=O)OC(C)(C)C)C(=O)N(CC#N)C(C(=O)NC(C)C)c1ccc(C)c(C)c1. The van der Waals surface area contributed by atoms with Crippen molar-refractivity contribution in [1.29, 1.82) is 5.26 Å². The van der Waals surface area contributed by atoms with Gasteiger partial charge in [0.25, 0.3) is 0 Å². The summed E-state index contributed by atoms with van der Waals surface area (Å²) in [6.07, 6.45) is -0.128. The third-order valence-corrected chi connectivity index (χ3v) is 5.51. The molecule has 0 saturated carbocycles. The van der Waals surface area contributed by atoms with Crippen molar-refractivity contribution in [1.82, 2.24) is 15.5 Å². The van der Waals surface area contributed by atoms with Gasteiger partial charge in [0.1, 0.15) is 24.2 Å². The van der Waals surface area contributed by atoms with E-state index in [1.807, 2.05) is 59.7 Å². The zero-order valence-corrected chi connectivity index (χ0v) is 22.0. The van der Waals surface area contributed by atoms with Gasteiger partial charge in [0.2, 0.25) is 11.8 Å². The van der Waals surface area contributed by atoms with Gasteiger partial charge in [0, 0.05) is 6.04 Å². The minimum absolute atomic E-state index is 0.161. The summed E-state index contributed by atoms with van der Waals surface area (Å²) in [4.78, 5) is 40.9. The smallest absolute Gasteiger partial charge is 0.408 e. The molecule has 8 heteroatoms. The first-order valence-corrected chi connectivity index (χ1v) is 11.8. The van der Waals surface area contributed by atoms with Gasteiger partial charge in [-0.05, 0) is 71.1 Å². The molecule has 8 nitrogen and oxygen atoms in total. The van der Waals surface area contributed by atoms with Crippen LogP contribution in [0.5, 0.6) is 0 Å². The highest BCUT2D eigenvalue weighted by atomic mass is 16.6. The fraction of sp³-hybridized carbons (Fsp3) is 0.615. The lowest BCUT2D eigenvalue weighted by molar-refractivity contribution is -0.142. The molecule has 1 aromatic carbocycles. The molecule has 1 rings (SSSR count). The summed E-state index contributed by atoms with van der Waals surface area (Å²) in [5.74, 6) is -1.15. The first-order chi connectivity index (χ1) is 15.7. The van der Waals surface area contributed by atoms with Crippen molar-refractivity contribution in [2.24, 2.45) is 5.92 Å². The van der Waals surface area contributed by atoms with Gasteiger partial charge in [0.15, 0.2) is 0 Å². The predicted octanol–water partition coefficient (Wildman–Crippen LogP) is 4.16. The van der Waals surface area contributed by atoms with E-state index in [0.717, 1.165) is 11.1 Å². The van der Waals surface area contributed by atoms with E-state index < -0.39 is 29.7 Å². The Labute approximate surface area is 204 Å². The number of carbonyl (C=O) groups excluding carboxylic acids is 3. The second-order valence-electron chi connectivity index (χ2n) is 10.0. The first-order valence-electron chi connectivity index (χ1n) is 11.8. The monoisotopic (exact) mass is 472 g/mol. The molecule has 1 aromatic rings. The molecule has 0 fully saturated rings. The molecule has 34 heavy (non-hydrogen) atoms. The number of benzene rings is 1. The number of nitrogens with one attached hydrogen (secondary N) is 2. The van der Waals surface area contributed by atoms with E-state index in [2.05, 4.69) is 10.6 Å². The third kappa shape index (κ3) is 8.36. The molecule has 0 spiro atoms. The minimum atomic E-state index is -1.03. The lowest BCUT2D eigenvalue weighted by Crippen LogP contribution is -2.55. The van der Waals surface area contributed by atoms with Gasteiger partial charge in [-0.2, -0.15) is 5.26 Å². The Morgan fingerprint density at radius 1 is 1.09 bits per heavy atom. The average molecular weight is 473 g/mol. The zero-order valence-electron chi connectivity index (χ0n) is 22.0. The number of nitriles is 1. The molecule has 0 heterocycles. The lowest BCUT2D eigenvalue weighted by Gasteiger charge is -2.35. The highest BCUT2D eigenvalue weighted by Crippen LogP contribution is 2.26. The van der Waals surface area contributed by atoms with Crippen molar-refractivity contribution in [3.63, 3.8) is 0 Å². The van der Waals surface area contributed by atoms with Crippen LogP contribution in [0, 0.1) is 31.1 Å². The molecular formula is C26H40N4O4. The van der Waals surface area contributed by atoms with Crippen molar-refractivity contribution in [2.45, 2.75) is 92.5 Å². The van der Waals surface area contributed by atoms with Crippen molar-refractivity contribution in [2.75, 3.05) is 6.54 Å². The number of amides is 3. The largest absolute Gasteiger partial charge is 0.444 e. The molecule has 188 valence electrons. The minimum Gasteiger partial charge on any atom is -0.444 e. The molecule has 3 amide bonds. The summed E-state index contributed by atoms with van der Waals surface area (Å²) in [6.45, 7) is 16.2. The second-order valence-corrected chi connectivity index (χ2v) is 10.0. The Balaban J connectivity index is 3.51. The molecule has 0 aliphatic rings. The van der Waals surface area contributed by atoms with E-state index in [4.69, 9.17) is 4.74 Å². The van der Waals surface area contributed by atoms with Crippen molar-refractivity contribution >= 4 is 17.9 Å². The van der Waals surface area contributed by atoms with Gasteiger partial charge < -0.3 is 20.3 Å². The highest BCUT2D eigenvalue weighted by molar-refractivity contribution is 5.92. The van der Waals surface area contributed by atoms with Crippen LogP contribution in [0.4, 0.5) is 4.79 Å². The Morgan fingerprint density at radius 3 is 2.18 bits per heavy atom. The molecule has 2 N–H and O–H groups in total. The average Bonchev–Trinajstić information content (AvgIpc) is 2.71. The summed E-state index contributed by atoms with van der Waals surface area (Å²) in [5, 5.41) is 15.1. The van der Waals surface area contributed by atoms with Crippen LogP contribution in [0.2, 0.25) is 0 Å². The predicted molar refractivity (Wildman–Crippen MR) is 132 cm³/mol. The van der Waals surface area contributed by atoms with Gasteiger partial charge in [-0.1, -0.05) is 38.5 Å². The molecule has 0 bridgehead atoms. The molecule has 0 aromatic heterocycles. The summed E-state index contributed by atoms with van der Waals surface area (Å²) in [5.41, 5.74) is 1.88. The Morgan fingerprint density at radius 2 is 1.71 bits per heavy atom. The Kier molecular flexibility index (Phi) is 10.6. The van der Waals surface area contributed by atoms with Crippen molar-refractivity contribution in [3.05, 3.63) is 34.9 Å². The topological polar surface area (TPSA) is 112 Å². The van der Waals surface area contributed by atoms with Gasteiger partial charge in [0.05, 0.1) is 6.07 Å². The molecular weight excluding hydrogens is 432 g/mol. The maximum absolute atomic E-state index is 13.8. The maximum atomic E-state index is 13.8. The fourth-order valence-corrected chi connectivity index (χ4v) is 3.44. The van der Waals surface area contributed by atoms with Gasteiger partial charge in [-0.25, -0.2) is 4.79 Å². The lowest BCUT2D eigenvalue weighted by atomic mass is 9.94. The van der Waals surface area contributed by atoms with Gasteiger partial charge in [-0.3, -0.25) is 9.59 Å². The highest BCUT2D eigenvalue weighted by Gasteiger charge is 2.38. The summed E-state index contributed by atoms with van der Waals surface area (Å²) in [7, 11) is 0. The number of hydrogen-bond donors (Lipinski definition) is 2. The van der Waals surface area contributed by atoms with Crippen LogP contribution < -0.4 is 10.6 Å². The van der Waals surface area contributed by atoms with Crippen LogP contribution in [0.25, 0.3) is 0 Å². The summed E-state index contributed by atoms with van der Waals surface area (Å²) < 4.78 is 5.36. The van der Waals surface area contributed by atoms with Gasteiger partial charge in [-0.15, -0.1) is 0 Å². The molecule has 0 radical (unpaired) electrons. The van der Waals surface area contributed by atoms with E-state index in [1.54, 1.807) is 26.8 Å².